The number of rotatable bonds is 3. The number of nitrogens with two attached hydrogens (primary N) is 2. The highest BCUT2D eigenvalue weighted by atomic mass is 14.9. The fraction of sp³-hybridized carbons (Fsp3) is 0.200. The van der Waals surface area contributed by atoms with Gasteiger partial charge in [0.05, 0.1) is 6.04 Å². The van der Waals surface area contributed by atoms with E-state index in [9.17, 15) is 0 Å². The van der Waals surface area contributed by atoms with Gasteiger partial charge in [-0.05, 0) is 18.1 Å². The summed E-state index contributed by atoms with van der Waals surface area (Å²) in [4.78, 5) is 11.1. The Morgan fingerprint density at radius 1 is 1.40 bits per heavy atom. The Morgan fingerprint density at radius 3 is 2.93 bits per heavy atom. The lowest BCUT2D eigenvalue weighted by Gasteiger charge is -2.10. The summed E-state index contributed by atoms with van der Waals surface area (Å²) in [5.41, 5.74) is 13.4. The van der Waals surface area contributed by atoms with Crippen molar-refractivity contribution in [1.29, 1.82) is 0 Å². The van der Waals surface area contributed by atoms with Gasteiger partial charge in [0.2, 0.25) is 0 Å². The highest BCUT2D eigenvalue weighted by Crippen LogP contribution is 2.16. The lowest BCUT2D eigenvalue weighted by Crippen LogP contribution is -2.15. The number of nitrogens with zero attached hydrogens (tertiary/aromatic N) is 2. The van der Waals surface area contributed by atoms with Gasteiger partial charge in [-0.25, -0.2) is 4.98 Å². The van der Waals surface area contributed by atoms with Crippen LogP contribution in [0.1, 0.15) is 17.4 Å². The van der Waals surface area contributed by atoms with E-state index >= 15 is 0 Å². The molecule has 1 unspecified atom stereocenters. The monoisotopic (exact) mass is 203 g/mol. The maximum atomic E-state index is 5.96. The van der Waals surface area contributed by atoms with Crippen molar-refractivity contribution in [2.45, 2.75) is 12.5 Å². The zero-order chi connectivity index (χ0) is 10.7. The van der Waals surface area contributed by atoms with Gasteiger partial charge in [-0.15, -0.1) is 0 Å². The van der Waals surface area contributed by atoms with Crippen LogP contribution >= 0.6 is 0 Å². The van der Waals surface area contributed by atoms with E-state index in [-0.39, 0.29) is 6.04 Å². The predicted octanol–water partition coefficient (Wildman–Crippen LogP) is 0.629. The minimum absolute atomic E-state index is 0.175. The van der Waals surface area contributed by atoms with Crippen LogP contribution in [0.15, 0.2) is 30.9 Å². The van der Waals surface area contributed by atoms with E-state index < -0.39 is 0 Å². The SMILES string of the molecule is Nc1ccncc1CC(N)c1ncc[nH]1. The molecule has 15 heavy (non-hydrogen) atoms. The molecule has 0 fully saturated rings. The predicted molar refractivity (Wildman–Crippen MR) is 57.9 cm³/mol. The standard InChI is InChI=1S/C10H13N5/c11-8-1-2-13-6-7(8)5-9(12)10-14-3-4-15-10/h1-4,6,9H,5,12H2,(H2,11,13)(H,14,15). The van der Waals surface area contributed by atoms with Gasteiger partial charge < -0.3 is 16.5 Å². The second-order valence-electron chi connectivity index (χ2n) is 3.36. The van der Waals surface area contributed by atoms with E-state index in [1.165, 1.54) is 0 Å². The first kappa shape index (κ1) is 9.67. The van der Waals surface area contributed by atoms with E-state index in [4.69, 9.17) is 11.5 Å². The number of aromatic amines is 1. The average Bonchev–Trinajstić information content (AvgIpc) is 2.74. The summed E-state index contributed by atoms with van der Waals surface area (Å²) in [7, 11) is 0. The molecule has 0 aromatic carbocycles. The van der Waals surface area contributed by atoms with Crippen molar-refractivity contribution < 1.29 is 0 Å². The second-order valence-corrected chi connectivity index (χ2v) is 3.36. The summed E-state index contributed by atoms with van der Waals surface area (Å²) >= 11 is 0. The van der Waals surface area contributed by atoms with Gasteiger partial charge >= 0.3 is 0 Å². The minimum atomic E-state index is -0.175. The Kier molecular flexibility index (Phi) is 2.64. The third-order valence-electron chi connectivity index (χ3n) is 2.25. The third kappa shape index (κ3) is 2.13. The highest BCUT2D eigenvalue weighted by Gasteiger charge is 2.10. The summed E-state index contributed by atoms with van der Waals surface area (Å²) in [6.45, 7) is 0. The molecule has 1 atom stereocenters. The lowest BCUT2D eigenvalue weighted by atomic mass is 10.1. The molecule has 0 amide bonds. The summed E-state index contributed by atoms with van der Waals surface area (Å²) in [6, 6.07) is 1.59. The maximum Gasteiger partial charge on any atom is 0.123 e. The molecule has 0 saturated carbocycles. The Labute approximate surface area is 87.5 Å². The van der Waals surface area contributed by atoms with Gasteiger partial charge in [0.25, 0.3) is 0 Å². The smallest absolute Gasteiger partial charge is 0.123 e. The molecular weight excluding hydrogens is 190 g/mol. The normalized spacial score (nSPS) is 12.6. The van der Waals surface area contributed by atoms with Gasteiger partial charge in [0.1, 0.15) is 5.82 Å². The quantitative estimate of drug-likeness (QED) is 0.682. The van der Waals surface area contributed by atoms with Crippen LogP contribution in [0.5, 0.6) is 0 Å². The second kappa shape index (κ2) is 4.10. The van der Waals surface area contributed by atoms with E-state index in [0.717, 1.165) is 11.4 Å². The molecule has 0 aliphatic carbocycles. The Balaban J connectivity index is 2.13. The number of H-pyrrole nitrogens is 1. The molecule has 5 heteroatoms. The van der Waals surface area contributed by atoms with Crippen LogP contribution in [0.4, 0.5) is 5.69 Å². The molecule has 0 saturated heterocycles. The van der Waals surface area contributed by atoms with Crippen molar-refractivity contribution in [3.63, 3.8) is 0 Å². The Bertz CT molecular complexity index is 423. The van der Waals surface area contributed by atoms with Crippen molar-refractivity contribution in [2.24, 2.45) is 5.73 Å². The van der Waals surface area contributed by atoms with E-state index in [1.54, 1.807) is 30.9 Å². The summed E-state index contributed by atoms with van der Waals surface area (Å²) in [5, 5.41) is 0. The number of aromatic nitrogens is 3. The van der Waals surface area contributed by atoms with Gasteiger partial charge in [-0.3, -0.25) is 4.98 Å². The van der Waals surface area contributed by atoms with E-state index in [1.807, 2.05) is 0 Å². The van der Waals surface area contributed by atoms with Crippen LogP contribution in [-0.2, 0) is 6.42 Å². The van der Waals surface area contributed by atoms with E-state index in [2.05, 4.69) is 15.0 Å². The zero-order valence-electron chi connectivity index (χ0n) is 8.22. The summed E-state index contributed by atoms with van der Waals surface area (Å²) in [5.74, 6) is 0.762. The van der Waals surface area contributed by atoms with Crippen molar-refractivity contribution in [3.8, 4) is 0 Å². The molecule has 0 spiro atoms. The summed E-state index contributed by atoms with van der Waals surface area (Å²) < 4.78 is 0. The molecule has 2 aromatic heterocycles. The van der Waals surface area contributed by atoms with Crippen molar-refractivity contribution in [2.75, 3.05) is 5.73 Å². The first-order valence-corrected chi connectivity index (χ1v) is 4.70. The van der Waals surface area contributed by atoms with Gasteiger partial charge in [0.15, 0.2) is 0 Å². The van der Waals surface area contributed by atoms with Crippen LogP contribution in [0, 0.1) is 0 Å². The minimum Gasteiger partial charge on any atom is -0.398 e. The lowest BCUT2D eigenvalue weighted by molar-refractivity contribution is 0.677. The van der Waals surface area contributed by atoms with Crippen molar-refractivity contribution in [1.82, 2.24) is 15.0 Å². The molecular formula is C10H13N5. The molecule has 2 heterocycles. The number of nitrogen functional groups attached to an aromatic ring is 1. The Morgan fingerprint density at radius 2 is 2.27 bits per heavy atom. The van der Waals surface area contributed by atoms with Crippen LogP contribution in [0.2, 0.25) is 0 Å². The third-order valence-corrected chi connectivity index (χ3v) is 2.25. The molecule has 0 aliphatic heterocycles. The molecule has 78 valence electrons. The first-order valence-electron chi connectivity index (χ1n) is 4.70. The molecule has 2 rings (SSSR count). The van der Waals surface area contributed by atoms with Crippen LogP contribution in [0.25, 0.3) is 0 Å². The topological polar surface area (TPSA) is 93.6 Å². The van der Waals surface area contributed by atoms with E-state index in [0.29, 0.717) is 12.1 Å². The number of pyridine rings is 1. The number of nitrogens with one attached hydrogen (secondary N) is 1. The number of hydrogen-bond acceptors (Lipinski definition) is 4. The van der Waals surface area contributed by atoms with Gasteiger partial charge in [-0.2, -0.15) is 0 Å². The molecule has 0 radical (unpaired) electrons. The van der Waals surface area contributed by atoms with Crippen molar-refractivity contribution >= 4 is 5.69 Å². The number of anilines is 1. The fourth-order valence-electron chi connectivity index (χ4n) is 1.42. The van der Waals surface area contributed by atoms with Gasteiger partial charge in [-0.1, -0.05) is 0 Å². The molecule has 5 N–H and O–H groups in total. The number of hydrogen-bond donors (Lipinski definition) is 3. The molecule has 5 nitrogen and oxygen atoms in total. The Hall–Kier alpha value is -1.88. The largest absolute Gasteiger partial charge is 0.398 e. The average molecular weight is 203 g/mol. The highest BCUT2D eigenvalue weighted by molar-refractivity contribution is 5.44. The number of imidazole rings is 1. The van der Waals surface area contributed by atoms with Gasteiger partial charge in [0, 0.05) is 30.5 Å². The van der Waals surface area contributed by atoms with Crippen LogP contribution in [-0.4, -0.2) is 15.0 Å². The molecule has 2 aromatic rings. The first-order chi connectivity index (χ1) is 7.27. The van der Waals surface area contributed by atoms with Crippen molar-refractivity contribution in [3.05, 3.63) is 42.2 Å². The van der Waals surface area contributed by atoms with Crippen LogP contribution in [0.3, 0.4) is 0 Å². The summed E-state index contributed by atoms with van der Waals surface area (Å²) in [6.07, 6.45) is 7.46. The van der Waals surface area contributed by atoms with Crippen LogP contribution < -0.4 is 11.5 Å². The molecule has 0 aliphatic rings. The molecule has 0 bridgehead atoms. The maximum absolute atomic E-state index is 5.96. The zero-order valence-corrected chi connectivity index (χ0v) is 8.22. The fourth-order valence-corrected chi connectivity index (χ4v) is 1.42.